The molecule has 0 saturated heterocycles. The van der Waals surface area contributed by atoms with Gasteiger partial charge in [-0.25, -0.2) is 0 Å². The lowest BCUT2D eigenvalue weighted by molar-refractivity contribution is -0.157. The number of hydrogen-bond donors (Lipinski definition) is 4. The molecule has 3 aromatic rings. The van der Waals surface area contributed by atoms with Crippen molar-refractivity contribution in [3.05, 3.63) is 70.6 Å². The number of carbonyl (C=O) groups excluding carboxylic acids is 3. The number of nitrogens with one attached hydrogen (secondary N) is 2. The van der Waals surface area contributed by atoms with Crippen molar-refractivity contribution < 1.29 is 62.6 Å². The highest BCUT2D eigenvalue weighted by Gasteiger charge is 2.24. The van der Waals surface area contributed by atoms with Crippen LogP contribution in [0, 0.1) is 0 Å². The van der Waals surface area contributed by atoms with Crippen molar-refractivity contribution in [3.63, 3.8) is 0 Å². The fourth-order valence-electron chi connectivity index (χ4n) is 9.16. The third kappa shape index (κ3) is 33.8. The van der Waals surface area contributed by atoms with E-state index in [2.05, 4.69) is 46.3 Å². The molecule has 0 fully saturated rings. The summed E-state index contributed by atoms with van der Waals surface area (Å²) in [5.74, 6) is -0.162. The third-order valence-corrected chi connectivity index (χ3v) is 12.9. The van der Waals surface area contributed by atoms with Gasteiger partial charge in [0.1, 0.15) is 39.4 Å². The lowest BCUT2D eigenvalue weighted by atomic mass is 10.1. The summed E-state index contributed by atoms with van der Waals surface area (Å²) < 4.78 is 32.1. The van der Waals surface area contributed by atoms with Gasteiger partial charge < -0.3 is 49.3 Å². The van der Waals surface area contributed by atoms with Crippen molar-refractivity contribution in [2.75, 3.05) is 92.1 Å². The topological polar surface area (TPSA) is 257 Å². The number of nitrogens with zero attached hydrogens (tertiary/aromatic N) is 7. The van der Waals surface area contributed by atoms with Crippen LogP contribution >= 0.6 is 15.9 Å². The average molecular weight is 1250 g/mol. The summed E-state index contributed by atoms with van der Waals surface area (Å²) in [5, 5.41) is 25.3. The van der Waals surface area contributed by atoms with Gasteiger partial charge in [0, 0.05) is 75.7 Å². The van der Waals surface area contributed by atoms with Crippen molar-refractivity contribution in [1.29, 1.82) is 0 Å². The SMILES string of the molecule is CC(C)(C)OC(=O)CBr.COc1cc2nc(c1)CN(CC(=O)O)CCCCCN(CC(=O)O)C2.COc1cc2nc(c1)CN(CC(=O)OC(C)(C)C)CCCCCN(CC(=O)OC(C)(C)C)C2.COc1cc2nc(c1)CNCCCCCNC2. The number of methoxy groups -OCH3 is 3. The van der Waals surface area contributed by atoms with Gasteiger partial charge in [-0.15, -0.1) is 0 Å². The fourth-order valence-corrected chi connectivity index (χ4v) is 9.27. The van der Waals surface area contributed by atoms with Crippen LogP contribution < -0.4 is 24.8 Å². The van der Waals surface area contributed by atoms with Crippen LogP contribution in [0.15, 0.2) is 36.4 Å². The van der Waals surface area contributed by atoms with E-state index in [0.717, 1.165) is 118 Å². The molecule has 3 aromatic heterocycles. The van der Waals surface area contributed by atoms with Crippen LogP contribution in [0.25, 0.3) is 0 Å². The Morgan fingerprint density at radius 3 is 0.988 bits per heavy atom. The van der Waals surface area contributed by atoms with Gasteiger partial charge in [-0.2, -0.15) is 0 Å². The minimum atomic E-state index is -0.858. The first-order valence-corrected chi connectivity index (χ1v) is 30.3. The minimum absolute atomic E-state index is 0.0284. The number of alkyl halides is 1. The molecule has 0 saturated carbocycles. The van der Waals surface area contributed by atoms with Crippen LogP contribution in [0.2, 0.25) is 0 Å². The Bertz CT molecular complexity index is 2350. The average Bonchev–Trinajstić information content (AvgIpc) is 3.56. The Balaban J connectivity index is 0.000000319. The Kier molecular flexibility index (Phi) is 32.7. The number of carboxylic acid groups (broad SMARTS) is 2. The highest BCUT2D eigenvalue weighted by Crippen LogP contribution is 2.22. The monoisotopic (exact) mass is 1240 g/mol. The zero-order valence-electron chi connectivity index (χ0n) is 52.2. The van der Waals surface area contributed by atoms with Gasteiger partial charge in [0.15, 0.2) is 0 Å². The van der Waals surface area contributed by atoms with Gasteiger partial charge in [-0.05, 0) is 140 Å². The van der Waals surface area contributed by atoms with E-state index in [1.165, 1.54) is 19.3 Å². The summed E-state index contributed by atoms with van der Waals surface area (Å²) >= 11 is 2.99. The number of fused-ring (bicyclic) bond motifs is 6. The van der Waals surface area contributed by atoms with Crippen molar-refractivity contribution in [3.8, 4) is 17.2 Å². The Hall–Kier alpha value is -5.56. The molecule has 23 heteroatoms. The molecule has 0 aliphatic carbocycles. The normalized spacial score (nSPS) is 16.6. The van der Waals surface area contributed by atoms with Crippen molar-refractivity contribution in [2.24, 2.45) is 0 Å². The summed E-state index contributed by atoms with van der Waals surface area (Å²) in [5.41, 5.74) is 3.84. The van der Waals surface area contributed by atoms with Gasteiger partial charge in [0.05, 0.1) is 81.7 Å². The summed E-state index contributed by atoms with van der Waals surface area (Å²) in [4.78, 5) is 79.5. The molecular weight excluding hydrogens is 1150 g/mol. The van der Waals surface area contributed by atoms with Gasteiger partial charge in [0.2, 0.25) is 0 Å². The molecule has 472 valence electrons. The zero-order chi connectivity index (χ0) is 62.3. The zero-order valence-corrected chi connectivity index (χ0v) is 53.8. The highest BCUT2D eigenvalue weighted by molar-refractivity contribution is 9.09. The first-order valence-electron chi connectivity index (χ1n) is 29.2. The molecule has 3 aliphatic heterocycles. The molecule has 0 spiro atoms. The molecule has 0 amide bonds. The number of rotatable bonds is 12. The summed E-state index contributed by atoms with van der Waals surface area (Å²) in [6.45, 7) is 25.7. The standard InChI is InChI=1S/C25H41N3O5.C17H25N3O5.C13H21N3O.C6H11BrO2/c1-24(2,3)32-22(29)17-27-11-9-8-10-12-28(18-23(30)33-25(4,5)6)16-20-14-21(31-7)13-19(15-27)26-20;1-25-15-7-13-9-19(11-16(21)22)5-3-2-4-6-20(12-17(23)24)10-14(8-15)18-13;1-17-13-7-11-9-14-5-3-2-4-6-15-10-12(8-13)16-11;1-6(2,3)9-5(8)4-7/h13-14H,8-12,15-18H2,1-7H3;7-8H,2-6,9-12H2,1H3,(H,21,22)(H,23,24);7-8,14-15H,2-6,9-10H2,1H3;4H2,1-3H3. The first kappa shape index (κ1) is 72.7. The van der Waals surface area contributed by atoms with E-state index in [9.17, 15) is 24.0 Å². The fraction of sp³-hybridized carbons (Fsp3) is 0.672. The lowest BCUT2D eigenvalue weighted by Gasteiger charge is -2.27. The van der Waals surface area contributed by atoms with Crippen LogP contribution in [-0.4, -0.2) is 184 Å². The second kappa shape index (κ2) is 37.8. The quantitative estimate of drug-likeness (QED) is 0.0766. The maximum Gasteiger partial charge on any atom is 0.320 e. The number of carboxylic acids is 2. The Labute approximate surface area is 507 Å². The molecular formula is C61H98BrN9O13. The number of ether oxygens (including phenoxy) is 6. The number of aliphatic carboxylic acids is 2. The van der Waals surface area contributed by atoms with E-state index in [-0.39, 0.29) is 55.0 Å². The predicted octanol–water partition coefficient (Wildman–Crippen LogP) is 7.79. The minimum Gasteiger partial charge on any atom is -0.497 e. The molecule has 6 heterocycles. The van der Waals surface area contributed by atoms with Crippen LogP contribution in [0.1, 0.15) is 154 Å². The number of carbonyl (C=O) groups is 5. The lowest BCUT2D eigenvalue weighted by Crippen LogP contribution is -2.37. The van der Waals surface area contributed by atoms with Crippen molar-refractivity contribution in [1.82, 2.24) is 45.2 Å². The molecule has 0 atom stereocenters. The van der Waals surface area contributed by atoms with E-state index in [1.54, 1.807) is 33.5 Å². The van der Waals surface area contributed by atoms with Crippen LogP contribution in [0.4, 0.5) is 0 Å². The maximum atomic E-state index is 12.4. The summed E-state index contributed by atoms with van der Waals surface area (Å²) in [6.07, 6.45) is 9.30. The maximum absolute atomic E-state index is 12.4. The molecule has 0 aromatic carbocycles. The molecule has 6 rings (SSSR count). The van der Waals surface area contributed by atoms with E-state index in [1.807, 2.05) is 96.4 Å². The molecule has 4 N–H and O–H groups in total. The van der Waals surface area contributed by atoms with E-state index >= 15 is 0 Å². The van der Waals surface area contributed by atoms with Gasteiger partial charge in [-0.3, -0.25) is 58.5 Å². The highest BCUT2D eigenvalue weighted by atomic mass is 79.9. The van der Waals surface area contributed by atoms with Gasteiger partial charge in [-0.1, -0.05) is 35.2 Å². The molecule has 0 radical (unpaired) electrons. The largest absolute Gasteiger partial charge is 0.497 e. The Morgan fingerprint density at radius 2 is 0.714 bits per heavy atom. The number of esters is 3. The number of hydrogen-bond acceptors (Lipinski definition) is 20. The van der Waals surface area contributed by atoms with E-state index in [0.29, 0.717) is 50.8 Å². The van der Waals surface area contributed by atoms with Crippen molar-refractivity contribution >= 4 is 45.8 Å². The molecule has 84 heavy (non-hydrogen) atoms. The number of halogens is 1. The molecule has 22 nitrogen and oxygen atoms in total. The van der Waals surface area contributed by atoms with Gasteiger partial charge in [0.25, 0.3) is 0 Å². The van der Waals surface area contributed by atoms with Crippen molar-refractivity contribution in [2.45, 2.75) is 176 Å². The van der Waals surface area contributed by atoms with Crippen LogP contribution in [0.3, 0.4) is 0 Å². The summed E-state index contributed by atoms with van der Waals surface area (Å²) in [6, 6.07) is 11.4. The third-order valence-electron chi connectivity index (χ3n) is 12.5. The first-order chi connectivity index (χ1) is 39.6. The smallest absolute Gasteiger partial charge is 0.320 e. The number of aromatic nitrogens is 3. The van der Waals surface area contributed by atoms with E-state index < -0.39 is 23.1 Å². The second-order valence-electron chi connectivity index (χ2n) is 24.0. The van der Waals surface area contributed by atoms with Crippen LogP contribution in [0.5, 0.6) is 17.2 Å². The van der Waals surface area contributed by atoms with Crippen LogP contribution in [-0.2, 0) is 77.5 Å². The molecule has 3 aliphatic rings. The molecule has 0 unspecified atom stereocenters. The molecule has 6 bridgehead atoms. The van der Waals surface area contributed by atoms with E-state index in [4.69, 9.17) is 43.6 Å². The summed E-state index contributed by atoms with van der Waals surface area (Å²) in [7, 11) is 4.89. The second-order valence-corrected chi connectivity index (χ2v) is 24.6. The number of pyridine rings is 3. The predicted molar refractivity (Wildman–Crippen MR) is 325 cm³/mol. The Morgan fingerprint density at radius 1 is 0.440 bits per heavy atom. The van der Waals surface area contributed by atoms with Gasteiger partial charge >= 0.3 is 29.8 Å².